The van der Waals surface area contributed by atoms with Crippen molar-refractivity contribution in [3.05, 3.63) is 65.2 Å². The van der Waals surface area contributed by atoms with E-state index in [-0.39, 0.29) is 19.1 Å². The van der Waals surface area contributed by atoms with Gasteiger partial charge in [0.2, 0.25) is 0 Å². The van der Waals surface area contributed by atoms with Crippen LogP contribution in [0.1, 0.15) is 21.5 Å². The molecule has 0 atom stereocenters. The minimum absolute atomic E-state index is 0.312. The van der Waals surface area contributed by atoms with Gasteiger partial charge in [-0.25, -0.2) is 0 Å². The van der Waals surface area contributed by atoms with Crippen molar-refractivity contribution in [1.29, 1.82) is 0 Å². The monoisotopic (exact) mass is 384 g/mol. The highest BCUT2D eigenvalue weighted by molar-refractivity contribution is 5.98. The number of aryl methyl sites for hydroxylation is 1. The summed E-state index contributed by atoms with van der Waals surface area (Å²) in [6, 6.07) is 14.5. The van der Waals surface area contributed by atoms with Crippen molar-refractivity contribution in [3.63, 3.8) is 0 Å². The van der Waals surface area contributed by atoms with Crippen LogP contribution in [0.15, 0.2) is 48.5 Å². The number of esters is 1. The van der Waals surface area contributed by atoms with Crippen LogP contribution in [0.4, 0.5) is 0 Å². The summed E-state index contributed by atoms with van der Waals surface area (Å²) in [5, 5.41) is 2.45. The molecule has 0 fully saturated rings. The molecule has 0 aliphatic heterocycles. The topological polar surface area (TPSA) is 84.9 Å². The summed E-state index contributed by atoms with van der Waals surface area (Å²) >= 11 is 0. The van der Waals surface area contributed by atoms with E-state index in [1.807, 2.05) is 31.2 Å². The van der Waals surface area contributed by atoms with Crippen molar-refractivity contribution >= 4 is 17.8 Å². The van der Waals surface area contributed by atoms with Crippen LogP contribution in [0.3, 0.4) is 0 Å². The van der Waals surface area contributed by atoms with E-state index in [0.29, 0.717) is 17.9 Å². The molecule has 7 nitrogen and oxygen atoms in total. The van der Waals surface area contributed by atoms with Gasteiger partial charge in [0.15, 0.2) is 6.61 Å². The van der Waals surface area contributed by atoms with Crippen molar-refractivity contribution in [3.8, 4) is 5.75 Å². The molecule has 0 aliphatic carbocycles. The molecular formula is C21H24N2O5. The fourth-order valence-electron chi connectivity index (χ4n) is 2.44. The second-order valence-corrected chi connectivity index (χ2v) is 6.28. The van der Waals surface area contributed by atoms with E-state index in [1.165, 1.54) is 12.0 Å². The van der Waals surface area contributed by atoms with Crippen molar-refractivity contribution in [1.82, 2.24) is 10.2 Å². The fraction of sp³-hybridized carbons (Fsp3) is 0.286. The quantitative estimate of drug-likeness (QED) is 0.703. The average Bonchev–Trinajstić information content (AvgIpc) is 2.71. The van der Waals surface area contributed by atoms with E-state index in [0.717, 1.165) is 11.1 Å². The van der Waals surface area contributed by atoms with E-state index in [1.54, 1.807) is 31.3 Å². The molecule has 0 aliphatic rings. The van der Waals surface area contributed by atoms with Crippen LogP contribution in [-0.2, 0) is 20.9 Å². The van der Waals surface area contributed by atoms with Gasteiger partial charge in [-0.2, -0.15) is 0 Å². The Hall–Kier alpha value is -3.35. The minimum Gasteiger partial charge on any atom is -0.496 e. The molecule has 0 heterocycles. The van der Waals surface area contributed by atoms with Crippen LogP contribution in [0.5, 0.6) is 5.75 Å². The summed E-state index contributed by atoms with van der Waals surface area (Å²) in [5.41, 5.74) is 2.44. The zero-order valence-corrected chi connectivity index (χ0v) is 16.2. The number of hydrogen-bond donors (Lipinski definition) is 1. The second kappa shape index (κ2) is 10.1. The Labute approximate surface area is 164 Å². The van der Waals surface area contributed by atoms with E-state index in [9.17, 15) is 14.4 Å². The SMILES string of the molecule is COc1ccccc1C(=O)NCC(=O)OCC(=O)N(C)Cc1ccc(C)cc1. The van der Waals surface area contributed by atoms with Crippen LogP contribution < -0.4 is 10.1 Å². The Kier molecular flexibility index (Phi) is 7.56. The molecule has 0 aromatic heterocycles. The van der Waals surface area contributed by atoms with Gasteiger partial charge in [-0.15, -0.1) is 0 Å². The van der Waals surface area contributed by atoms with E-state index >= 15 is 0 Å². The molecular weight excluding hydrogens is 360 g/mol. The van der Waals surface area contributed by atoms with E-state index in [4.69, 9.17) is 9.47 Å². The van der Waals surface area contributed by atoms with Crippen LogP contribution in [-0.4, -0.2) is 50.0 Å². The highest BCUT2D eigenvalue weighted by Gasteiger charge is 2.15. The lowest BCUT2D eigenvalue weighted by atomic mass is 10.1. The van der Waals surface area contributed by atoms with Gasteiger partial charge in [-0.05, 0) is 24.6 Å². The lowest BCUT2D eigenvalue weighted by Gasteiger charge is -2.17. The number of methoxy groups -OCH3 is 1. The number of carbonyl (C=O) groups excluding carboxylic acids is 3. The summed E-state index contributed by atoms with van der Waals surface area (Å²) < 4.78 is 10.1. The Bertz CT molecular complexity index is 833. The maximum Gasteiger partial charge on any atom is 0.325 e. The van der Waals surface area contributed by atoms with E-state index < -0.39 is 11.9 Å². The first-order valence-corrected chi connectivity index (χ1v) is 8.77. The lowest BCUT2D eigenvalue weighted by Crippen LogP contribution is -2.34. The van der Waals surface area contributed by atoms with Gasteiger partial charge in [0, 0.05) is 13.6 Å². The Balaban J connectivity index is 1.76. The fourth-order valence-corrected chi connectivity index (χ4v) is 2.44. The molecule has 2 rings (SSSR count). The summed E-state index contributed by atoms with van der Waals surface area (Å²) in [6.07, 6.45) is 0. The summed E-state index contributed by atoms with van der Waals surface area (Å²) in [6.45, 7) is 1.68. The van der Waals surface area contributed by atoms with Gasteiger partial charge in [-0.1, -0.05) is 42.0 Å². The number of amides is 2. The number of carbonyl (C=O) groups is 3. The number of likely N-dealkylation sites (N-methyl/N-ethyl adjacent to an activating group) is 1. The summed E-state index contributed by atoms with van der Waals surface area (Å²) in [5.74, 6) is -1.08. The largest absolute Gasteiger partial charge is 0.496 e. The maximum atomic E-state index is 12.1. The second-order valence-electron chi connectivity index (χ2n) is 6.28. The third kappa shape index (κ3) is 6.12. The Morgan fingerprint density at radius 3 is 2.39 bits per heavy atom. The molecule has 28 heavy (non-hydrogen) atoms. The third-order valence-corrected chi connectivity index (χ3v) is 4.07. The molecule has 0 saturated heterocycles. The minimum atomic E-state index is -0.694. The van der Waals surface area contributed by atoms with E-state index in [2.05, 4.69) is 5.32 Å². The molecule has 0 unspecified atom stereocenters. The molecule has 1 N–H and O–H groups in total. The predicted octanol–water partition coefficient (Wildman–Crippen LogP) is 1.94. The van der Waals surface area contributed by atoms with Crippen molar-refractivity contribution in [2.24, 2.45) is 0 Å². The molecule has 2 aromatic carbocycles. The van der Waals surface area contributed by atoms with Crippen molar-refractivity contribution in [2.75, 3.05) is 27.3 Å². The zero-order chi connectivity index (χ0) is 20.5. The summed E-state index contributed by atoms with van der Waals surface area (Å²) in [4.78, 5) is 37.5. The van der Waals surface area contributed by atoms with Gasteiger partial charge >= 0.3 is 5.97 Å². The van der Waals surface area contributed by atoms with Crippen LogP contribution in [0, 0.1) is 6.92 Å². The molecule has 148 valence electrons. The first kappa shape index (κ1) is 21.0. The standard InChI is InChI=1S/C21H24N2O5/c1-15-8-10-16(11-9-15)13-23(2)19(24)14-28-20(25)12-22-21(26)17-6-4-5-7-18(17)27-3/h4-11H,12-14H2,1-3H3,(H,22,26). The molecule has 0 radical (unpaired) electrons. The number of nitrogens with one attached hydrogen (secondary N) is 1. The molecule has 0 bridgehead atoms. The Morgan fingerprint density at radius 1 is 1.04 bits per heavy atom. The lowest BCUT2D eigenvalue weighted by molar-refractivity contribution is -0.150. The highest BCUT2D eigenvalue weighted by atomic mass is 16.5. The van der Waals surface area contributed by atoms with Crippen LogP contribution in [0.25, 0.3) is 0 Å². The number of benzene rings is 2. The number of nitrogens with zero attached hydrogens (tertiary/aromatic N) is 1. The number of ether oxygens (including phenoxy) is 2. The van der Waals surface area contributed by atoms with Crippen LogP contribution >= 0.6 is 0 Å². The highest BCUT2D eigenvalue weighted by Crippen LogP contribution is 2.16. The van der Waals surface area contributed by atoms with Crippen LogP contribution in [0.2, 0.25) is 0 Å². The number of para-hydroxylation sites is 1. The van der Waals surface area contributed by atoms with Crippen molar-refractivity contribution in [2.45, 2.75) is 13.5 Å². The molecule has 2 amide bonds. The molecule has 2 aromatic rings. The third-order valence-electron chi connectivity index (χ3n) is 4.07. The number of hydrogen-bond acceptors (Lipinski definition) is 5. The van der Waals surface area contributed by atoms with Crippen molar-refractivity contribution < 1.29 is 23.9 Å². The van der Waals surface area contributed by atoms with Gasteiger partial charge in [0.05, 0.1) is 12.7 Å². The smallest absolute Gasteiger partial charge is 0.325 e. The maximum absolute atomic E-state index is 12.1. The molecule has 0 spiro atoms. The molecule has 7 heteroatoms. The van der Waals surface area contributed by atoms with Gasteiger partial charge < -0.3 is 19.7 Å². The Morgan fingerprint density at radius 2 is 1.71 bits per heavy atom. The van der Waals surface area contributed by atoms with Gasteiger partial charge in [0.25, 0.3) is 11.8 Å². The average molecular weight is 384 g/mol. The zero-order valence-electron chi connectivity index (χ0n) is 16.2. The first-order valence-electron chi connectivity index (χ1n) is 8.77. The first-order chi connectivity index (χ1) is 13.4. The summed E-state index contributed by atoms with van der Waals surface area (Å²) in [7, 11) is 3.10. The van der Waals surface area contributed by atoms with Gasteiger partial charge in [-0.3, -0.25) is 14.4 Å². The normalized spacial score (nSPS) is 10.1. The predicted molar refractivity (Wildman–Crippen MR) is 104 cm³/mol. The van der Waals surface area contributed by atoms with Gasteiger partial charge in [0.1, 0.15) is 12.3 Å². The number of rotatable bonds is 8. The molecule has 0 saturated carbocycles.